The molecule has 40 heavy (non-hydrogen) atoms. The van der Waals surface area contributed by atoms with Crippen LogP contribution < -0.4 is 0 Å². The van der Waals surface area contributed by atoms with Gasteiger partial charge >= 0.3 is 11.9 Å². The third-order valence-electron chi connectivity index (χ3n) is 8.50. The molecule has 2 aromatic rings. The fourth-order valence-corrected chi connectivity index (χ4v) is 6.30. The molecule has 2 fully saturated rings. The highest BCUT2D eigenvalue weighted by Crippen LogP contribution is 2.34. The van der Waals surface area contributed by atoms with Crippen molar-refractivity contribution in [3.05, 3.63) is 71.8 Å². The van der Waals surface area contributed by atoms with Gasteiger partial charge in [-0.1, -0.05) is 86.3 Å². The van der Waals surface area contributed by atoms with E-state index in [9.17, 15) is 29.4 Å². The average molecular weight is 549 g/mol. The molecule has 0 aliphatic heterocycles. The van der Waals surface area contributed by atoms with Crippen LogP contribution in [0.5, 0.6) is 0 Å². The molecule has 0 aromatic heterocycles. The number of hydrogen-bond acceptors (Lipinski definition) is 4. The van der Waals surface area contributed by atoms with Crippen molar-refractivity contribution < 1.29 is 29.4 Å². The van der Waals surface area contributed by atoms with Gasteiger partial charge in [0.15, 0.2) is 0 Å². The Hall–Kier alpha value is -3.68. The standard InChI is InChI=1S/C32H40N2O6/c35-29(25-15-7-9-17-27(25)31(37)38)33(21-23-11-3-1-4-12-23)19-20-34(22-24-13-5-2-6-14-24)30(36)26-16-8-10-18-28(26)32(39)40/h1-6,11-14,25-28H,7-10,15-22H2,(H,37,38)(H,39,40)/t25-,26-,27-,28+/m1/s1. The molecule has 214 valence electrons. The highest BCUT2D eigenvalue weighted by Gasteiger charge is 2.40. The van der Waals surface area contributed by atoms with Gasteiger partial charge in [-0.3, -0.25) is 19.2 Å². The lowest BCUT2D eigenvalue weighted by Crippen LogP contribution is -2.48. The molecule has 2 aliphatic rings. The maximum Gasteiger partial charge on any atom is 0.307 e. The van der Waals surface area contributed by atoms with E-state index >= 15 is 0 Å². The van der Waals surface area contributed by atoms with E-state index in [1.807, 2.05) is 60.7 Å². The molecule has 4 rings (SSSR count). The number of carbonyl (C=O) groups excluding carboxylic acids is 2. The van der Waals surface area contributed by atoms with Crippen LogP contribution in [-0.4, -0.2) is 56.9 Å². The van der Waals surface area contributed by atoms with Gasteiger partial charge in [0.2, 0.25) is 11.8 Å². The molecule has 2 amide bonds. The summed E-state index contributed by atoms with van der Waals surface area (Å²) in [7, 11) is 0. The number of hydrogen-bond donors (Lipinski definition) is 2. The summed E-state index contributed by atoms with van der Waals surface area (Å²) in [6.45, 7) is 1.10. The van der Waals surface area contributed by atoms with Crippen molar-refractivity contribution in [2.24, 2.45) is 23.7 Å². The zero-order valence-electron chi connectivity index (χ0n) is 23.0. The number of carboxylic acids is 2. The molecule has 2 saturated carbocycles. The number of rotatable bonds is 11. The van der Waals surface area contributed by atoms with E-state index in [-0.39, 0.29) is 24.9 Å². The van der Waals surface area contributed by atoms with Crippen molar-refractivity contribution in [2.75, 3.05) is 13.1 Å². The van der Waals surface area contributed by atoms with E-state index < -0.39 is 35.6 Å². The van der Waals surface area contributed by atoms with E-state index in [2.05, 4.69) is 0 Å². The summed E-state index contributed by atoms with van der Waals surface area (Å²) in [6.07, 6.45) is 5.28. The van der Waals surface area contributed by atoms with Crippen LogP contribution in [0.1, 0.15) is 62.5 Å². The predicted molar refractivity (Wildman–Crippen MR) is 150 cm³/mol. The first-order valence-corrected chi connectivity index (χ1v) is 14.5. The Morgan fingerprint density at radius 3 is 1.20 bits per heavy atom. The van der Waals surface area contributed by atoms with Crippen LogP contribution >= 0.6 is 0 Å². The van der Waals surface area contributed by atoms with Crippen LogP contribution in [0.2, 0.25) is 0 Å². The second-order valence-corrected chi connectivity index (χ2v) is 11.2. The van der Waals surface area contributed by atoms with Crippen molar-refractivity contribution >= 4 is 23.8 Å². The number of carboxylic acid groups (broad SMARTS) is 2. The molecule has 2 aliphatic carbocycles. The van der Waals surface area contributed by atoms with Crippen molar-refractivity contribution in [2.45, 2.75) is 64.5 Å². The van der Waals surface area contributed by atoms with Gasteiger partial charge in [-0.05, 0) is 36.8 Å². The molecule has 0 heterocycles. The summed E-state index contributed by atoms with van der Waals surface area (Å²) in [5.41, 5.74) is 1.86. The first-order valence-electron chi connectivity index (χ1n) is 14.5. The van der Waals surface area contributed by atoms with Gasteiger partial charge in [0.25, 0.3) is 0 Å². The fourth-order valence-electron chi connectivity index (χ4n) is 6.30. The van der Waals surface area contributed by atoms with E-state index in [1.165, 1.54) is 0 Å². The first kappa shape index (κ1) is 29.3. The largest absolute Gasteiger partial charge is 0.481 e. The number of carbonyl (C=O) groups is 4. The van der Waals surface area contributed by atoms with Crippen molar-refractivity contribution in [3.8, 4) is 0 Å². The summed E-state index contributed by atoms with van der Waals surface area (Å²) in [6, 6.07) is 19.1. The van der Waals surface area contributed by atoms with Gasteiger partial charge in [-0.15, -0.1) is 0 Å². The maximum absolute atomic E-state index is 13.9. The maximum atomic E-state index is 13.9. The third kappa shape index (κ3) is 7.49. The monoisotopic (exact) mass is 548 g/mol. The molecule has 0 saturated heterocycles. The average Bonchev–Trinajstić information content (AvgIpc) is 2.98. The highest BCUT2D eigenvalue weighted by molar-refractivity contribution is 5.86. The zero-order valence-corrected chi connectivity index (χ0v) is 23.0. The molecule has 2 aromatic carbocycles. The lowest BCUT2D eigenvalue weighted by molar-refractivity contribution is -0.154. The summed E-state index contributed by atoms with van der Waals surface area (Å²) in [5.74, 6) is -4.86. The molecular formula is C32H40N2O6. The molecule has 0 unspecified atom stereocenters. The van der Waals surface area contributed by atoms with E-state index in [1.54, 1.807) is 9.80 Å². The Kier molecular flexibility index (Phi) is 10.3. The molecule has 4 atom stereocenters. The molecule has 0 radical (unpaired) electrons. The molecular weight excluding hydrogens is 508 g/mol. The van der Waals surface area contributed by atoms with Gasteiger partial charge in [-0.2, -0.15) is 0 Å². The zero-order chi connectivity index (χ0) is 28.5. The topological polar surface area (TPSA) is 115 Å². The van der Waals surface area contributed by atoms with Crippen LogP contribution in [0.25, 0.3) is 0 Å². The van der Waals surface area contributed by atoms with Crippen LogP contribution in [0.3, 0.4) is 0 Å². The summed E-state index contributed by atoms with van der Waals surface area (Å²) in [5, 5.41) is 19.7. The predicted octanol–water partition coefficient (Wildman–Crippen LogP) is 4.83. The van der Waals surface area contributed by atoms with Gasteiger partial charge in [0.1, 0.15) is 0 Å². The van der Waals surface area contributed by atoms with Gasteiger partial charge in [0, 0.05) is 26.2 Å². The van der Waals surface area contributed by atoms with Crippen molar-refractivity contribution in [1.29, 1.82) is 0 Å². The van der Waals surface area contributed by atoms with Crippen LogP contribution in [0.4, 0.5) is 0 Å². The minimum atomic E-state index is -0.935. The second kappa shape index (κ2) is 14.1. The second-order valence-electron chi connectivity index (χ2n) is 11.2. The quantitative estimate of drug-likeness (QED) is 0.416. The molecule has 2 N–H and O–H groups in total. The number of nitrogens with zero attached hydrogens (tertiary/aromatic N) is 2. The van der Waals surface area contributed by atoms with Crippen molar-refractivity contribution in [1.82, 2.24) is 9.80 Å². The SMILES string of the molecule is O=C(O)[C@H]1CCCC[C@H]1C(=O)N(CCN(Cc1ccccc1)C(=O)[C@@H]1CCCC[C@H]1C(=O)O)Cc1ccccc1. The number of aliphatic carboxylic acids is 2. The summed E-state index contributed by atoms with van der Waals surface area (Å²) < 4.78 is 0. The normalized spacial score (nSPS) is 22.7. The highest BCUT2D eigenvalue weighted by atomic mass is 16.4. The Balaban J connectivity index is 1.58. The van der Waals surface area contributed by atoms with Gasteiger partial charge in [0.05, 0.1) is 23.7 Å². The minimum Gasteiger partial charge on any atom is -0.481 e. The fraction of sp³-hybridized carbons (Fsp3) is 0.500. The van der Waals surface area contributed by atoms with Gasteiger partial charge < -0.3 is 20.0 Å². The van der Waals surface area contributed by atoms with Crippen LogP contribution in [-0.2, 0) is 32.3 Å². The lowest BCUT2D eigenvalue weighted by atomic mass is 9.78. The molecule has 8 heteroatoms. The molecule has 0 spiro atoms. The number of amides is 2. The van der Waals surface area contributed by atoms with Crippen molar-refractivity contribution in [3.63, 3.8) is 0 Å². The smallest absolute Gasteiger partial charge is 0.307 e. The number of benzene rings is 2. The van der Waals surface area contributed by atoms with E-state index in [0.29, 0.717) is 38.8 Å². The molecule has 8 nitrogen and oxygen atoms in total. The third-order valence-corrected chi connectivity index (χ3v) is 8.50. The molecule has 0 bridgehead atoms. The van der Waals surface area contributed by atoms with Crippen LogP contribution in [0.15, 0.2) is 60.7 Å². The lowest BCUT2D eigenvalue weighted by Gasteiger charge is -2.36. The minimum absolute atomic E-state index is 0.191. The van der Waals surface area contributed by atoms with E-state index in [0.717, 1.165) is 36.8 Å². The summed E-state index contributed by atoms with van der Waals surface area (Å²) >= 11 is 0. The van der Waals surface area contributed by atoms with E-state index in [4.69, 9.17) is 0 Å². The Morgan fingerprint density at radius 1 is 0.550 bits per heavy atom. The van der Waals surface area contributed by atoms with Crippen LogP contribution in [0, 0.1) is 23.7 Å². The Labute approximate surface area is 236 Å². The first-order chi connectivity index (χ1) is 19.3. The summed E-state index contributed by atoms with van der Waals surface area (Å²) in [4.78, 5) is 55.2. The van der Waals surface area contributed by atoms with Gasteiger partial charge in [-0.25, -0.2) is 0 Å². The Morgan fingerprint density at radius 2 is 0.875 bits per heavy atom. The Bertz CT molecular complexity index is 1060.